The summed E-state index contributed by atoms with van der Waals surface area (Å²) in [7, 11) is 0. The number of para-hydroxylation sites is 2. The van der Waals surface area contributed by atoms with E-state index in [0.717, 1.165) is 5.56 Å². The maximum absolute atomic E-state index is 14.0. The molecule has 0 saturated carbocycles. The second-order valence-electron chi connectivity index (χ2n) is 9.22. The van der Waals surface area contributed by atoms with E-state index in [0.29, 0.717) is 11.0 Å². The monoisotopic (exact) mass is 483 g/mol. The number of H-pyrrole nitrogens is 1. The molecule has 8 nitrogen and oxygen atoms in total. The number of alkyl halides is 1. The number of amides is 1. The van der Waals surface area contributed by atoms with E-state index in [1.165, 1.54) is 13.8 Å². The van der Waals surface area contributed by atoms with Crippen molar-refractivity contribution in [1.82, 2.24) is 9.97 Å². The minimum atomic E-state index is -1.50. The van der Waals surface area contributed by atoms with Gasteiger partial charge >= 0.3 is 5.97 Å². The van der Waals surface area contributed by atoms with E-state index in [9.17, 15) is 23.9 Å². The maximum Gasteiger partial charge on any atom is 0.363 e. The predicted octanol–water partition coefficient (Wildman–Crippen LogP) is 3.07. The van der Waals surface area contributed by atoms with Crippen molar-refractivity contribution in [3.8, 4) is 0 Å². The van der Waals surface area contributed by atoms with E-state index < -0.39 is 46.9 Å². The fraction of sp³-hybridized carbons (Fsp3) is 0.385. The molecule has 0 aliphatic heterocycles. The molecule has 2 aromatic carbocycles. The van der Waals surface area contributed by atoms with Crippen LogP contribution in [0.15, 0.2) is 59.4 Å². The largest absolute Gasteiger partial charge is 0.454 e. The molecule has 0 spiro atoms. The van der Waals surface area contributed by atoms with E-state index in [-0.39, 0.29) is 25.7 Å². The van der Waals surface area contributed by atoms with Crippen LogP contribution in [0.25, 0.3) is 11.0 Å². The lowest BCUT2D eigenvalue weighted by molar-refractivity contribution is -0.124. The van der Waals surface area contributed by atoms with E-state index in [1.54, 1.807) is 48.5 Å². The number of fused-ring (bicyclic) bond motifs is 1. The third kappa shape index (κ3) is 7.45. The minimum absolute atomic E-state index is 0.0762. The van der Waals surface area contributed by atoms with Gasteiger partial charge in [-0.3, -0.25) is 9.59 Å². The molecule has 1 heterocycles. The summed E-state index contributed by atoms with van der Waals surface area (Å²) in [4.78, 5) is 44.1. The van der Waals surface area contributed by atoms with Crippen molar-refractivity contribution >= 4 is 22.9 Å². The number of aromatic nitrogens is 2. The van der Waals surface area contributed by atoms with Crippen LogP contribution in [0.4, 0.5) is 4.39 Å². The molecule has 3 aromatic rings. The number of esters is 1. The Bertz CT molecular complexity index is 1220. The molecular weight excluding hydrogens is 453 g/mol. The molecule has 1 amide bonds. The van der Waals surface area contributed by atoms with Gasteiger partial charge in [0.25, 0.3) is 5.56 Å². The molecular formula is C26H30FN3O5. The maximum atomic E-state index is 14.0. The van der Waals surface area contributed by atoms with Crippen LogP contribution in [0.5, 0.6) is 0 Å². The van der Waals surface area contributed by atoms with Gasteiger partial charge in [0, 0.05) is 12.3 Å². The van der Waals surface area contributed by atoms with Crippen LogP contribution in [0, 0.1) is 5.92 Å². The van der Waals surface area contributed by atoms with E-state index >= 15 is 0 Å². The van der Waals surface area contributed by atoms with Gasteiger partial charge < -0.3 is 20.6 Å². The summed E-state index contributed by atoms with van der Waals surface area (Å²) in [5.74, 6) is -2.50. The molecule has 0 saturated heterocycles. The molecule has 186 valence electrons. The van der Waals surface area contributed by atoms with Gasteiger partial charge in [-0.25, -0.2) is 14.2 Å². The van der Waals surface area contributed by atoms with Gasteiger partial charge in [0.15, 0.2) is 0 Å². The Morgan fingerprint density at radius 2 is 1.80 bits per heavy atom. The standard InChI is InChI=1S/C26H30FN3O5/c1-26(2,27)13-12-17(23(28)32)15-20(31)21(14-16-8-4-3-5-9-16)35-25(34)22-24(33)30-19-11-7-6-10-18(19)29-22/h3-11,17,20-21,31H,12-15H2,1-2H3,(H2,28,32)(H,30,33)/t17-,20+,21+/m1/s1. The Labute approximate surface area is 202 Å². The summed E-state index contributed by atoms with van der Waals surface area (Å²) in [6.45, 7) is 2.80. The Morgan fingerprint density at radius 3 is 2.46 bits per heavy atom. The van der Waals surface area contributed by atoms with Gasteiger partial charge in [-0.15, -0.1) is 0 Å². The smallest absolute Gasteiger partial charge is 0.363 e. The van der Waals surface area contributed by atoms with Crippen molar-refractivity contribution in [3.63, 3.8) is 0 Å². The summed E-state index contributed by atoms with van der Waals surface area (Å²) in [5, 5.41) is 11.0. The second kappa shape index (κ2) is 11.2. The molecule has 0 bridgehead atoms. The minimum Gasteiger partial charge on any atom is -0.454 e. The third-order valence-corrected chi connectivity index (χ3v) is 5.78. The number of nitrogens with zero attached hydrogens (tertiary/aromatic N) is 1. The first-order valence-corrected chi connectivity index (χ1v) is 11.4. The van der Waals surface area contributed by atoms with E-state index in [4.69, 9.17) is 10.5 Å². The molecule has 0 radical (unpaired) electrons. The zero-order chi connectivity index (χ0) is 25.6. The number of aliphatic hydroxyl groups excluding tert-OH is 1. The highest BCUT2D eigenvalue weighted by Crippen LogP contribution is 2.25. The zero-order valence-electron chi connectivity index (χ0n) is 19.7. The fourth-order valence-electron chi connectivity index (χ4n) is 3.80. The van der Waals surface area contributed by atoms with Crippen LogP contribution in [0.2, 0.25) is 0 Å². The molecule has 4 N–H and O–H groups in total. The van der Waals surface area contributed by atoms with Crippen molar-refractivity contribution in [2.45, 2.75) is 57.4 Å². The number of primary amides is 1. The fourth-order valence-corrected chi connectivity index (χ4v) is 3.80. The highest BCUT2D eigenvalue weighted by molar-refractivity contribution is 5.89. The first-order valence-electron chi connectivity index (χ1n) is 11.4. The van der Waals surface area contributed by atoms with Crippen molar-refractivity contribution in [1.29, 1.82) is 0 Å². The number of nitrogens with one attached hydrogen (secondary N) is 1. The van der Waals surface area contributed by atoms with Crippen molar-refractivity contribution < 1.29 is 23.8 Å². The highest BCUT2D eigenvalue weighted by Gasteiger charge is 2.31. The van der Waals surface area contributed by atoms with Gasteiger partial charge in [-0.2, -0.15) is 0 Å². The Kier molecular flexibility index (Phi) is 8.34. The quantitative estimate of drug-likeness (QED) is 0.359. The number of hydrogen-bond donors (Lipinski definition) is 3. The number of hydrogen-bond acceptors (Lipinski definition) is 6. The number of aromatic amines is 1. The van der Waals surface area contributed by atoms with Crippen LogP contribution < -0.4 is 11.3 Å². The van der Waals surface area contributed by atoms with E-state index in [1.807, 2.05) is 6.07 Å². The second-order valence-corrected chi connectivity index (χ2v) is 9.22. The number of halogens is 1. The lowest BCUT2D eigenvalue weighted by Crippen LogP contribution is -2.38. The highest BCUT2D eigenvalue weighted by atomic mass is 19.1. The summed E-state index contributed by atoms with van der Waals surface area (Å²) in [6, 6.07) is 15.7. The number of carbonyl (C=O) groups excluding carboxylic acids is 2. The molecule has 1 aromatic heterocycles. The van der Waals surface area contributed by atoms with Crippen molar-refractivity contribution in [2.75, 3.05) is 0 Å². The van der Waals surface area contributed by atoms with Crippen LogP contribution in [0.3, 0.4) is 0 Å². The molecule has 3 rings (SSSR count). The average Bonchev–Trinajstić information content (AvgIpc) is 2.80. The van der Waals surface area contributed by atoms with Crippen LogP contribution >= 0.6 is 0 Å². The Morgan fingerprint density at radius 1 is 1.14 bits per heavy atom. The molecule has 0 aliphatic rings. The lowest BCUT2D eigenvalue weighted by atomic mass is 9.88. The van der Waals surface area contributed by atoms with Crippen molar-refractivity contribution in [2.24, 2.45) is 11.7 Å². The van der Waals surface area contributed by atoms with E-state index in [2.05, 4.69) is 9.97 Å². The number of carbonyl (C=O) groups is 2. The summed E-state index contributed by atoms with van der Waals surface area (Å²) in [6.07, 6.45) is -2.19. The van der Waals surface area contributed by atoms with Crippen LogP contribution in [-0.2, 0) is 16.0 Å². The number of aliphatic hydroxyl groups is 1. The van der Waals surface area contributed by atoms with Gasteiger partial charge in [0.2, 0.25) is 11.6 Å². The third-order valence-electron chi connectivity index (χ3n) is 5.78. The van der Waals surface area contributed by atoms with Gasteiger partial charge in [0.05, 0.1) is 17.1 Å². The Balaban J connectivity index is 1.83. The van der Waals surface area contributed by atoms with Gasteiger partial charge in [-0.1, -0.05) is 42.5 Å². The normalized spacial score (nSPS) is 14.3. The number of nitrogens with two attached hydrogens (primary N) is 1. The molecule has 0 aliphatic carbocycles. The molecule has 9 heteroatoms. The lowest BCUT2D eigenvalue weighted by Gasteiger charge is -2.26. The SMILES string of the molecule is CC(C)(F)CC[C@H](C[C@H](O)[C@H](Cc1ccccc1)OC(=O)c1nc2ccccc2[nH]c1=O)C(N)=O. The summed E-state index contributed by atoms with van der Waals surface area (Å²) >= 11 is 0. The number of rotatable bonds is 11. The Hall–Kier alpha value is -3.59. The first kappa shape index (κ1) is 26.0. The average molecular weight is 484 g/mol. The number of ether oxygens (including phenoxy) is 1. The molecule has 0 unspecified atom stereocenters. The summed E-state index contributed by atoms with van der Waals surface area (Å²) < 4.78 is 19.5. The van der Waals surface area contributed by atoms with Crippen LogP contribution in [-0.4, -0.2) is 44.8 Å². The molecule has 35 heavy (non-hydrogen) atoms. The topological polar surface area (TPSA) is 135 Å². The molecule has 0 fully saturated rings. The zero-order valence-corrected chi connectivity index (χ0v) is 19.7. The predicted molar refractivity (Wildman–Crippen MR) is 129 cm³/mol. The van der Waals surface area contributed by atoms with Crippen LogP contribution in [0.1, 0.15) is 49.2 Å². The van der Waals surface area contributed by atoms with Gasteiger partial charge in [-0.05, 0) is 50.8 Å². The summed E-state index contributed by atoms with van der Waals surface area (Å²) in [5.41, 5.74) is 4.47. The number of benzene rings is 2. The van der Waals surface area contributed by atoms with Crippen molar-refractivity contribution in [3.05, 3.63) is 76.2 Å². The van der Waals surface area contributed by atoms with Gasteiger partial charge in [0.1, 0.15) is 11.8 Å². The first-order chi connectivity index (χ1) is 16.5. The molecule has 3 atom stereocenters.